The van der Waals surface area contributed by atoms with Crippen molar-refractivity contribution >= 4 is 11.6 Å². The van der Waals surface area contributed by atoms with E-state index in [2.05, 4.69) is 22.7 Å². The van der Waals surface area contributed by atoms with E-state index >= 15 is 0 Å². The molecule has 1 aromatic heterocycles. The van der Waals surface area contributed by atoms with E-state index in [1.165, 1.54) is 0 Å². The highest BCUT2D eigenvalue weighted by molar-refractivity contribution is 5.95. The summed E-state index contributed by atoms with van der Waals surface area (Å²) in [5, 5.41) is 10.6. The van der Waals surface area contributed by atoms with E-state index in [-0.39, 0.29) is 11.9 Å². The number of nitrogens with one attached hydrogen (secondary N) is 2. The van der Waals surface area contributed by atoms with E-state index in [1.807, 2.05) is 56.0 Å². The van der Waals surface area contributed by atoms with Crippen LogP contribution in [0.15, 0.2) is 30.5 Å². The fourth-order valence-electron chi connectivity index (χ4n) is 2.38. The van der Waals surface area contributed by atoms with Gasteiger partial charge in [-0.25, -0.2) is 0 Å². The molecular formula is C16H22N4O. The molecule has 5 nitrogen and oxygen atoms in total. The summed E-state index contributed by atoms with van der Waals surface area (Å²) in [5.41, 5.74) is 3.75. The van der Waals surface area contributed by atoms with E-state index < -0.39 is 0 Å². The molecule has 2 N–H and O–H groups in total. The Morgan fingerprint density at radius 1 is 1.43 bits per heavy atom. The Labute approximate surface area is 125 Å². The van der Waals surface area contributed by atoms with Crippen LogP contribution in [-0.4, -0.2) is 22.2 Å². The first-order chi connectivity index (χ1) is 10.0. The Morgan fingerprint density at radius 3 is 2.81 bits per heavy atom. The van der Waals surface area contributed by atoms with Gasteiger partial charge in [0.2, 0.25) is 0 Å². The van der Waals surface area contributed by atoms with E-state index in [0.29, 0.717) is 12.1 Å². The topological polar surface area (TPSA) is 59.0 Å². The van der Waals surface area contributed by atoms with Crippen LogP contribution >= 0.6 is 0 Å². The van der Waals surface area contributed by atoms with Crippen LogP contribution in [0.3, 0.4) is 0 Å². The molecule has 0 saturated carbocycles. The molecule has 1 aromatic carbocycles. The van der Waals surface area contributed by atoms with E-state index in [0.717, 1.165) is 16.9 Å². The molecule has 0 fully saturated rings. The number of hydrogen-bond donors (Lipinski definition) is 2. The lowest BCUT2D eigenvalue weighted by molar-refractivity contribution is 0.0956. The average Bonchev–Trinajstić information content (AvgIpc) is 2.78. The third-order valence-electron chi connectivity index (χ3n) is 3.36. The van der Waals surface area contributed by atoms with Crippen LogP contribution in [-0.2, 0) is 7.05 Å². The van der Waals surface area contributed by atoms with E-state index in [1.54, 1.807) is 0 Å². The van der Waals surface area contributed by atoms with Gasteiger partial charge < -0.3 is 10.6 Å². The van der Waals surface area contributed by atoms with Crippen LogP contribution in [0.2, 0.25) is 0 Å². The maximum atomic E-state index is 11.9. The average molecular weight is 286 g/mol. The molecule has 0 aliphatic carbocycles. The highest BCUT2D eigenvalue weighted by Gasteiger charge is 2.12. The number of carbonyl (C=O) groups excluding carboxylic acids is 1. The molecule has 2 rings (SSSR count). The van der Waals surface area contributed by atoms with Crippen molar-refractivity contribution in [1.82, 2.24) is 15.1 Å². The molecule has 0 saturated heterocycles. The lowest BCUT2D eigenvalue weighted by atomic mass is 10.1. The van der Waals surface area contributed by atoms with Crippen molar-refractivity contribution < 1.29 is 4.79 Å². The van der Waals surface area contributed by atoms with Crippen molar-refractivity contribution in [3.63, 3.8) is 0 Å². The molecule has 1 unspecified atom stereocenters. The summed E-state index contributed by atoms with van der Waals surface area (Å²) in [6, 6.07) is 7.66. The minimum atomic E-state index is -0.0497. The Morgan fingerprint density at radius 2 is 2.19 bits per heavy atom. The maximum absolute atomic E-state index is 11.9. The fourth-order valence-corrected chi connectivity index (χ4v) is 2.38. The zero-order chi connectivity index (χ0) is 15.4. The van der Waals surface area contributed by atoms with Gasteiger partial charge in [-0.3, -0.25) is 9.48 Å². The smallest absolute Gasteiger partial charge is 0.251 e. The molecule has 5 heteroatoms. The van der Waals surface area contributed by atoms with Gasteiger partial charge in [-0.1, -0.05) is 6.07 Å². The van der Waals surface area contributed by atoms with Gasteiger partial charge in [-0.2, -0.15) is 5.10 Å². The van der Waals surface area contributed by atoms with Crippen LogP contribution in [0.5, 0.6) is 0 Å². The van der Waals surface area contributed by atoms with Crippen LogP contribution < -0.4 is 10.6 Å². The summed E-state index contributed by atoms with van der Waals surface area (Å²) in [4.78, 5) is 11.9. The van der Waals surface area contributed by atoms with E-state index in [4.69, 9.17) is 0 Å². The summed E-state index contributed by atoms with van der Waals surface area (Å²) < 4.78 is 1.81. The quantitative estimate of drug-likeness (QED) is 0.888. The van der Waals surface area contributed by atoms with Gasteiger partial charge in [0.05, 0.1) is 11.7 Å². The highest BCUT2D eigenvalue weighted by atomic mass is 16.1. The maximum Gasteiger partial charge on any atom is 0.251 e. The van der Waals surface area contributed by atoms with Gasteiger partial charge >= 0.3 is 0 Å². The second-order valence-corrected chi connectivity index (χ2v) is 5.15. The third-order valence-corrected chi connectivity index (χ3v) is 3.36. The summed E-state index contributed by atoms with van der Waals surface area (Å²) >= 11 is 0. The van der Waals surface area contributed by atoms with Crippen molar-refractivity contribution in [2.75, 3.05) is 11.9 Å². The number of aromatic nitrogens is 2. The Bertz CT molecular complexity index is 633. The largest absolute Gasteiger partial charge is 0.378 e. The number of amides is 1. The zero-order valence-corrected chi connectivity index (χ0v) is 13.0. The zero-order valence-electron chi connectivity index (χ0n) is 13.0. The van der Waals surface area contributed by atoms with Gasteiger partial charge in [0.15, 0.2) is 0 Å². The highest BCUT2D eigenvalue weighted by Crippen LogP contribution is 2.22. The standard InChI is InChI=1S/C16H22N4O/c1-5-17-16(21)13-7-6-8-14(9-13)18-11(2)15-10-20(4)19-12(15)3/h6-11,18H,5H2,1-4H3,(H,17,21). The number of benzene rings is 1. The van der Waals surface area contributed by atoms with Gasteiger partial charge in [0.1, 0.15) is 0 Å². The van der Waals surface area contributed by atoms with E-state index in [9.17, 15) is 4.79 Å². The van der Waals surface area contributed by atoms with Crippen molar-refractivity contribution in [2.24, 2.45) is 7.05 Å². The molecule has 1 atom stereocenters. The lowest BCUT2D eigenvalue weighted by Crippen LogP contribution is -2.22. The van der Waals surface area contributed by atoms with Crippen molar-refractivity contribution in [3.05, 3.63) is 47.3 Å². The second-order valence-electron chi connectivity index (χ2n) is 5.15. The van der Waals surface area contributed by atoms with Crippen LogP contribution in [0.25, 0.3) is 0 Å². The number of aryl methyl sites for hydroxylation is 2. The van der Waals surface area contributed by atoms with Crippen molar-refractivity contribution in [1.29, 1.82) is 0 Å². The predicted molar refractivity (Wildman–Crippen MR) is 84.4 cm³/mol. The molecule has 0 aliphatic rings. The minimum Gasteiger partial charge on any atom is -0.378 e. The summed E-state index contributed by atoms with van der Waals surface area (Å²) in [5.74, 6) is -0.0497. The number of hydrogen-bond acceptors (Lipinski definition) is 3. The SMILES string of the molecule is CCNC(=O)c1cccc(NC(C)c2cn(C)nc2C)c1. The molecule has 0 bridgehead atoms. The number of carbonyl (C=O) groups is 1. The van der Waals surface area contributed by atoms with Gasteiger partial charge in [-0.15, -0.1) is 0 Å². The van der Waals surface area contributed by atoms with Crippen LogP contribution in [0.1, 0.15) is 41.5 Å². The van der Waals surface area contributed by atoms with Gasteiger partial charge in [-0.05, 0) is 39.0 Å². The van der Waals surface area contributed by atoms with Crippen molar-refractivity contribution in [3.8, 4) is 0 Å². The Balaban J connectivity index is 2.14. The van der Waals surface area contributed by atoms with Crippen LogP contribution in [0.4, 0.5) is 5.69 Å². The number of rotatable bonds is 5. The predicted octanol–water partition coefficient (Wildman–Crippen LogP) is 2.65. The minimum absolute atomic E-state index is 0.0497. The first-order valence-corrected chi connectivity index (χ1v) is 7.16. The summed E-state index contributed by atoms with van der Waals surface area (Å²) in [6.45, 7) is 6.62. The molecule has 0 aliphatic heterocycles. The molecule has 1 amide bonds. The molecule has 0 radical (unpaired) electrons. The molecule has 2 aromatic rings. The van der Waals surface area contributed by atoms with Gasteiger partial charge in [0, 0.05) is 36.6 Å². The summed E-state index contributed by atoms with van der Waals surface area (Å²) in [6.07, 6.45) is 2.01. The number of anilines is 1. The number of nitrogens with zero attached hydrogens (tertiary/aromatic N) is 2. The molecular weight excluding hydrogens is 264 g/mol. The van der Waals surface area contributed by atoms with Crippen molar-refractivity contribution in [2.45, 2.75) is 26.8 Å². The molecule has 0 spiro atoms. The second kappa shape index (κ2) is 6.43. The third kappa shape index (κ3) is 3.62. The molecule has 21 heavy (non-hydrogen) atoms. The first-order valence-electron chi connectivity index (χ1n) is 7.16. The van der Waals surface area contributed by atoms with Crippen LogP contribution in [0, 0.1) is 6.92 Å². The summed E-state index contributed by atoms with van der Waals surface area (Å²) in [7, 11) is 1.92. The Kier molecular flexibility index (Phi) is 4.62. The lowest BCUT2D eigenvalue weighted by Gasteiger charge is -2.15. The fraction of sp³-hybridized carbons (Fsp3) is 0.375. The monoisotopic (exact) mass is 286 g/mol. The normalized spacial score (nSPS) is 12.0. The molecule has 1 heterocycles. The first kappa shape index (κ1) is 15.1. The Hall–Kier alpha value is -2.30. The van der Waals surface area contributed by atoms with Gasteiger partial charge in [0.25, 0.3) is 5.91 Å². The molecule has 112 valence electrons.